The molecule has 2 fully saturated rings. The fraction of sp³-hybridized carbons (Fsp3) is 0.618. The maximum Gasteiger partial charge on any atom is 0.331 e. The Labute approximate surface area is 250 Å². The van der Waals surface area contributed by atoms with E-state index >= 15 is 0 Å². The van der Waals surface area contributed by atoms with Crippen LogP contribution in [0.4, 0.5) is 0 Å². The van der Waals surface area contributed by atoms with Gasteiger partial charge in [0.2, 0.25) is 12.6 Å². The summed E-state index contributed by atoms with van der Waals surface area (Å²) in [6.07, 6.45) is 14.2. The highest BCUT2D eigenvalue weighted by molar-refractivity contribution is 5.82. The predicted octanol–water partition coefficient (Wildman–Crippen LogP) is 6.26. The molecule has 0 aromatic heterocycles. The third kappa shape index (κ3) is 7.14. The lowest BCUT2D eigenvalue weighted by Gasteiger charge is -2.60. The minimum absolute atomic E-state index is 0.0412. The zero-order valence-corrected chi connectivity index (χ0v) is 26.0. The zero-order valence-electron chi connectivity index (χ0n) is 26.0. The molecule has 8 nitrogen and oxygen atoms in total. The van der Waals surface area contributed by atoms with Gasteiger partial charge in [0.05, 0.1) is 6.10 Å². The van der Waals surface area contributed by atoms with Crippen LogP contribution in [-0.4, -0.2) is 47.8 Å². The van der Waals surface area contributed by atoms with Crippen molar-refractivity contribution in [1.82, 2.24) is 0 Å². The van der Waals surface area contributed by atoms with Crippen molar-refractivity contribution >= 4 is 17.9 Å². The van der Waals surface area contributed by atoms with E-state index in [1.807, 2.05) is 19.1 Å². The van der Waals surface area contributed by atoms with Gasteiger partial charge in [-0.1, -0.05) is 76.1 Å². The van der Waals surface area contributed by atoms with Gasteiger partial charge in [-0.2, -0.15) is 0 Å². The number of carbonyl (C=O) groups is 3. The number of aliphatic hydroxyl groups is 1. The van der Waals surface area contributed by atoms with Gasteiger partial charge in [0.15, 0.2) is 0 Å². The molecule has 0 aromatic carbocycles. The third-order valence-corrected chi connectivity index (χ3v) is 9.28. The van der Waals surface area contributed by atoms with E-state index in [-0.39, 0.29) is 11.8 Å². The molecule has 1 spiro atoms. The van der Waals surface area contributed by atoms with E-state index in [0.717, 1.165) is 31.3 Å². The van der Waals surface area contributed by atoms with Gasteiger partial charge in [-0.05, 0) is 62.4 Å². The molecule has 8 heteroatoms. The highest BCUT2D eigenvalue weighted by Crippen LogP contribution is 2.67. The first-order valence-electron chi connectivity index (χ1n) is 15.1. The normalized spacial score (nSPS) is 34.5. The van der Waals surface area contributed by atoms with E-state index in [2.05, 4.69) is 33.4 Å². The molecule has 3 aliphatic rings. The molecule has 1 aliphatic heterocycles. The van der Waals surface area contributed by atoms with Crippen LogP contribution in [0.5, 0.6) is 0 Å². The Balaban J connectivity index is 2.09. The van der Waals surface area contributed by atoms with Crippen molar-refractivity contribution in [2.45, 2.75) is 111 Å². The summed E-state index contributed by atoms with van der Waals surface area (Å²) in [5.41, 5.74) is -0.130. The molecule has 8 unspecified atom stereocenters. The maximum absolute atomic E-state index is 13.2. The van der Waals surface area contributed by atoms with E-state index in [4.69, 9.17) is 18.9 Å². The average molecular weight is 585 g/mol. The van der Waals surface area contributed by atoms with Gasteiger partial charge in [-0.3, -0.25) is 14.3 Å². The number of carbonyl (C=O) groups excluding carboxylic acids is 3. The molecule has 1 saturated carbocycles. The van der Waals surface area contributed by atoms with Crippen LogP contribution < -0.4 is 0 Å². The monoisotopic (exact) mass is 584 g/mol. The number of hydrogen-bond acceptors (Lipinski definition) is 8. The standard InChI is InChI=1S/C34H48O8/c1-8-10-11-12-13-14-15-16-30(38)41-29-19-23(4)33(7,18-17-22(3)9-2)28-21-26(37)20-27-31(39-24(5)35)42-32(34(27,28)29)40-25(6)36/h9,13-17,20,23,26,28-29,31-32,37H,2,8,10-12,18-19,21H2,1,3-7H3. The molecule has 1 N–H and O–H groups in total. The van der Waals surface area contributed by atoms with Crippen LogP contribution in [0.15, 0.2) is 60.3 Å². The summed E-state index contributed by atoms with van der Waals surface area (Å²) < 4.78 is 23.7. The molecule has 2 aliphatic carbocycles. The van der Waals surface area contributed by atoms with Gasteiger partial charge in [0, 0.05) is 25.5 Å². The lowest BCUT2D eigenvalue weighted by Crippen LogP contribution is -2.63. The summed E-state index contributed by atoms with van der Waals surface area (Å²) in [5, 5.41) is 11.1. The minimum Gasteiger partial charge on any atom is -0.458 e. The van der Waals surface area contributed by atoms with Crippen molar-refractivity contribution in [2.75, 3.05) is 0 Å². The van der Waals surface area contributed by atoms with Crippen LogP contribution in [0.3, 0.4) is 0 Å². The maximum atomic E-state index is 13.2. The highest BCUT2D eigenvalue weighted by atomic mass is 16.8. The first-order valence-corrected chi connectivity index (χ1v) is 15.1. The largest absolute Gasteiger partial charge is 0.458 e. The molecule has 0 radical (unpaired) electrons. The number of allylic oxidation sites excluding steroid dienone is 6. The van der Waals surface area contributed by atoms with Gasteiger partial charge in [-0.15, -0.1) is 0 Å². The molecular formula is C34H48O8. The molecule has 0 bridgehead atoms. The smallest absolute Gasteiger partial charge is 0.331 e. The molecule has 0 aromatic rings. The Hall–Kier alpha value is -2.97. The second-order valence-corrected chi connectivity index (χ2v) is 12.1. The molecule has 3 rings (SSSR count). The lowest BCUT2D eigenvalue weighted by molar-refractivity contribution is -0.256. The Kier molecular flexibility index (Phi) is 11.6. The summed E-state index contributed by atoms with van der Waals surface area (Å²) in [5.74, 6) is -2.02. The number of hydrogen-bond donors (Lipinski definition) is 1. The molecule has 1 saturated heterocycles. The van der Waals surface area contributed by atoms with Crippen molar-refractivity contribution in [3.05, 3.63) is 60.3 Å². The van der Waals surface area contributed by atoms with Gasteiger partial charge in [0.1, 0.15) is 11.5 Å². The first kappa shape index (κ1) is 33.5. The van der Waals surface area contributed by atoms with Crippen LogP contribution in [0.25, 0.3) is 0 Å². The van der Waals surface area contributed by atoms with Crippen molar-refractivity contribution in [1.29, 1.82) is 0 Å². The number of rotatable bonds is 12. The van der Waals surface area contributed by atoms with E-state index in [1.165, 1.54) is 19.9 Å². The van der Waals surface area contributed by atoms with Crippen molar-refractivity contribution in [2.24, 2.45) is 22.7 Å². The zero-order chi connectivity index (χ0) is 31.1. The van der Waals surface area contributed by atoms with Gasteiger partial charge < -0.3 is 19.3 Å². The van der Waals surface area contributed by atoms with Crippen LogP contribution in [0.2, 0.25) is 0 Å². The summed E-state index contributed by atoms with van der Waals surface area (Å²) in [4.78, 5) is 37.7. The summed E-state index contributed by atoms with van der Waals surface area (Å²) in [7, 11) is 0. The minimum atomic E-state index is -1.20. The van der Waals surface area contributed by atoms with Crippen LogP contribution >= 0.6 is 0 Å². The summed E-state index contributed by atoms with van der Waals surface area (Å²) in [6.45, 7) is 14.8. The van der Waals surface area contributed by atoms with E-state index in [9.17, 15) is 19.5 Å². The topological polar surface area (TPSA) is 108 Å². The van der Waals surface area contributed by atoms with Crippen molar-refractivity contribution < 1.29 is 38.4 Å². The molecule has 42 heavy (non-hydrogen) atoms. The molecular weight excluding hydrogens is 536 g/mol. The summed E-state index contributed by atoms with van der Waals surface area (Å²) in [6, 6.07) is 0. The Morgan fingerprint density at radius 2 is 1.81 bits per heavy atom. The van der Waals surface area contributed by atoms with Crippen molar-refractivity contribution in [3.63, 3.8) is 0 Å². The fourth-order valence-electron chi connectivity index (χ4n) is 6.92. The van der Waals surface area contributed by atoms with Crippen LogP contribution in [-0.2, 0) is 33.3 Å². The number of esters is 3. The van der Waals surface area contributed by atoms with Crippen LogP contribution in [0, 0.1) is 22.7 Å². The highest BCUT2D eigenvalue weighted by Gasteiger charge is 2.72. The second kappa shape index (κ2) is 14.5. The lowest BCUT2D eigenvalue weighted by atomic mass is 9.45. The number of ether oxygens (including phenoxy) is 4. The predicted molar refractivity (Wildman–Crippen MR) is 160 cm³/mol. The Morgan fingerprint density at radius 1 is 1.10 bits per heavy atom. The summed E-state index contributed by atoms with van der Waals surface area (Å²) >= 11 is 0. The molecule has 0 amide bonds. The second-order valence-electron chi connectivity index (χ2n) is 12.1. The van der Waals surface area contributed by atoms with Gasteiger partial charge >= 0.3 is 17.9 Å². The number of aliphatic hydroxyl groups excluding tert-OH is 1. The number of unbranched alkanes of at least 4 members (excludes halogenated alkanes) is 3. The fourth-order valence-corrected chi connectivity index (χ4v) is 6.92. The Morgan fingerprint density at radius 3 is 2.45 bits per heavy atom. The quantitative estimate of drug-likeness (QED) is 0.0715. The SMILES string of the molecule is C=CC(C)=CCC1(C)C(C)CC(OC(=O)C=CC=CCCCCC)C23C(=CC(O)CC12)C(OC(C)=O)OC3OC(C)=O. The van der Waals surface area contributed by atoms with Gasteiger partial charge in [0.25, 0.3) is 0 Å². The van der Waals surface area contributed by atoms with E-state index in [0.29, 0.717) is 24.8 Å². The third-order valence-electron chi connectivity index (χ3n) is 9.28. The van der Waals surface area contributed by atoms with Crippen molar-refractivity contribution in [3.8, 4) is 0 Å². The van der Waals surface area contributed by atoms with Crippen LogP contribution in [0.1, 0.15) is 86.5 Å². The molecule has 1 heterocycles. The first-order chi connectivity index (χ1) is 19.9. The van der Waals surface area contributed by atoms with E-state index in [1.54, 1.807) is 18.2 Å². The molecule has 232 valence electrons. The van der Waals surface area contributed by atoms with Gasteiger partial charge in [-0.25, -0.2) is 4.79 Å². The average Bonchev–Trinajstić information content (AvgIpc) is 3.21. The van der Waals surface area contributed by atoms with E-state index < -0.39 is 53.5 Å². The Bertz CT molecular complexity index is 1130. The molecule has 8 atom stereocenters.